The molecule has 16 heavy (non-hydrogen) atoms. The van der Waals surface area contributed by atoms with Crippen LogP contribution in [-0.2, 0) is 0 Å². The van der Waals surface area contributed by atoms with Crippen molar-refractivity contribution in [3.8, 4) is 0 Å². The van der Waals surface area contributed by atoms with Crippen LogP contribution in [0.25, 0.3) is 0 Å². The molecule has 0 aliphatic heterocycles. The first-order valence-electron chi connectivity index (χ1n) is 4.32. The maximum Gasteiger partial charge on any atom is 0.184 e. The van der Waals surface area contributed by atoms with Crippen molar-refractivity contribution >= 4 is 23.5 Å². The summed E-state index contributed by atoms with van der Waals surface area (Å²) in [6, 6.07) is 0. The highest BCUT2D eigenvalue weighted by molar-refractivity contribution is 7.80. The largest absolute Gasteiger partial charge is 0.394 e. The molecule has 0 aliphatic carbocycles. The number of thiocarbonyl (C=S) groups is 1. The Kier molecular flexibility index (Phi) is 7.05. The normalized spacial score (nSPS) is 19.1. The molecule has 0 amide bonds. The van der Waals surface area contributed by atoms with Crippen molar-refractivity contribution in [1.82, 2.24) is 5.43 Å². The summed E-state index contributed by atoms with van der Waals surface area (Å²) < 4.78 is 0. The summed E-state index contributed by atoms with van der Waals surface area (Å²) in [6.45, 7) is -0.743. The Morgan fingerprint density at radius 1 is 1.31 bits per heavy atom. The van der Waals surface area contributed by atoms with Crippen LogP contribution in [0.1, 0.15) is 0 Å². The molecule has 0 aliphatic rings. The predicted molar refractivity (Wildman–Crippen MR) is 59.5 cm³/mol. The molecule has 0 fully saturated rings. The molecule has 0 radical (unpaired) electrons. The fraction of sp³-hybridized carbons (Fsp3) is 0.714. The average Bonchev–Trinajstić information content (AvgIpc) is 2.25. The molecule has 0 spiro atoms. The summed E-state index contributed by atoms with van der Waals surface area (Å²) in [5.74, 6) is 0. The fourth-order valence-corrected chi connectivity index (χ4v) is 0.856. The third kappa shape index (κ3) is 5.30. The van der Waals surface area contributed by atoms with Crippen molar-refractivity contribution in [2.75, 3.05) is 6.61 Å². The standard InChI is InChI=1S/C7H15N3O5S/c8-7(16)10-9-1-3(12)5(14)6(15)4(13)2-11/h1,3-6,11-15H,2H2,(H3,8,10,16)/b9-1+/t3-,4-,5-,6+/m1/s1. The van der Waals surface area contributed by atoms with Crippen molar-refractivity contribution in [3.05, 3.63) is 0 Å². The highest BCUT2D eigenvalue weighted by Gasteiger charge is 2.29. The van der Waals surface area contributed by atoms with Gasteiger partial charge in [-0.3, -0.25) is 5.43 Å². The number of aliphatic hydroxyl groups excluding tert-OH is 5. The zero-order valence-electron chi connectivity index (χ0n) is 8.26. The van der Waals surface area contributed by atoms with Gasteiger partial charge in [0, 0.05) is 0 Å². The Balaban J connectivity index is 4.21. The van der Waals surface area contributed by atoms with Crippen LogP contribution in [0, 0.1) is 0 Å². The number of hydrogen-bond donors (Lipinski definition) is 7. The van der Waals surface area contributed by atoms with Gasteiger partial charge in [0.1, 0.15) is 24.4 Å². The van der Waals surface area contributed by atoms with Gasteiger partial charge in [-0.1, -0.05) is 0 Å². The van der Waals surface area contributed by atoms with Crippen molar-refractivity contribution in [1.29, 1.82) is 0 Å². The molecular formula is C7H15N3O5S. The lowest BCUT2D eigenvalue weighted by molar-refractivity contribution is -0.0999. The van der Waals surface area contributed by atoms with Gasteiger partial charge in [0.2, 0.25) is 0 Å². The first-order chi connectivity index (χ1) is 7.40. The van der Waals surface area contributed by atoms with Crippen LogP contribution in [0.5, 0.6) is 0 Å². The smallest absolute Gasteiger partial charge is 0.184 e. The SMILES string of the molecule is NC(=S)N/N=C/[C@@H](O)[C@@H](O)[C@@H](O)[C@H](O)CO. The molecule has 8 N–H and O–H groups in total. The Hall–Kier alpha value is -0.840. The number of nitrogens with zero attached hydrogens (tertiary/aromatic N) is 1. The lowest BCUT2D eigenvalue weighted by Gasteiger charge is -2.23. The van der Waals surface area contributed by atoms with Gasteiger partial charge in [-0.05, 0) is 12.2 Å². The van der Waals surface area contributed by atoms with Gasteiger partial charge in [0.05, 0.1) is 12.8 Å². The number of aliphatic hydroxyl groups is 5. The van der Waals surface area contributed by atoms with Crippen LogP contribution in [0.4, 0.5) is 0 Å². The predicted octanol–water partition coefficient (Wildman–Crippen LogP) is -3.76. The van der Waals surface area contributed by atoms with Gasteiger partial charge in [-0.25, -0.2) is 0 Å². The number of hydrogen-bond acceptors (Lipinski definition) is 7. The number of nitrogens with one attached hydrogen (secondary N) is 1. The van der Waals surface area contributed by atoms with Gasteiger partial charge in [0.15, 0.2) is 5.11 Å². The van der Waals surface area contributed by atoms with Crippen LogP contribution in [0.2, 0.25) is 0 Å². The second kappa shape index (κ2) is 7.44. The molecule has 0 saturated heterocycles. The Bertz CT molecular complexity index is 252. The number of hydrazone groups is 1. The van der Waals surface area contributed by atoms with E-state index in [0.717, 1.165) is 6.21 Å². The van der Waals surface area contributed by atoms with E-state index < -0.39 is 31.0 Å². The molecular weight excluding hydrogens is 238 g/mol. The van der Waals surface area contributed by atoms with Gasteiger partial charge in [-0.2, -0.15) is 5.10 Å². The lowest BCUT2D eigenvalue weighted by Crippen LogP contribution is -2.46. The Morgan fingerprint density at radius 3 is 2.31 bits per heavy atom. The maximum absolute atomic E-state index is 9.30. The van der Waals surface area contributed by atoms with Crippen molar-refractivity contribution in [2.24, 2.45) is 10.8 Å². The van der Waals surface area contributed by atoms with E-state index in [1.807, 2.05) is 0 Å². The molecule has 0 bridgehead atoms. The van der Waals surface area contributed by atoms with E-state index in [9.17, 15) is 15.3 Å². The third-order valence-corrected chi connectivity index (χ3v) is 1.77. The van der Waals surface area contributed by atoms with Crippen LogP contribution < -0.4 is 11.2 Å². The number of nitrogens with two attached hydrogens (primary N) is 1. The molecule has 4 atom stereocenters. The second-order valence-corrected chi connectivity index (χ2v) is 3.42. The van der Waals surface area contributed by atoms with Gasteiger partial charge >= 0.3 is 0 Å². The summed E-state index contributed by atoms with van der Waals surface area (Å²) in [7, 11) is 0. The minimum atomic E-state index is -1.70. The van der Waals surface area contributed by atoms with Gasteiger partial charge < -0.3 is 31.3 Å². The van der Waals surface area contributed by atoms with Crippen molar-refractivity contribution in [3.63, 3.8) is 0 Å². The molecule has 0 aromatic rings. The second-order valence-electron chi connectivity index (χ2n) is 2.98. The average molecular weight is 253 g/mol. The van der Waals surface area contributed by atoms with Gasteiger partial charge in [0.25, 0.3) is 0 Å². The van der Waals surface area contributed by atoms with E-state index >= 15 is 0 Å². The van der Waals surface area contributed by atoms with E-state index in [2.05, 4.69) is 22.7 Å². The molecule has 0 unspecified atom stereocenters. The van der Waals surface area contributed by atoms with E-state index in [0.29, 0.717) is 0 Å². The molecule has 0 aromatic carbocycles. The molecule has 94 valence electrons. The topological polar surface area (TPSA) is 152 Å². The fourth-order valence-electron chi connectivity index (χ4n) is 0.803. The first kappa shape index (κ1) is 15.2. The minimum absolute atomic E-state index is 0.131. The highest BCUT2D eigenvalue weighted by atomic mass is 32.1. The van der Waals surface area contributed by atoms with Crippen LogP contribution in [-0.4, -0.2) is 67.9 Å². The number of rotatable bonds is 6. The summed E-state index contributed by atoms with van der Waals surface area (Å²) in [6.07, 6.45) is -5.65. The molecule has 8 nitrogen and oxygen atoms in total. The summed E-state index contributed by atoms with van der Waals surface area (Å²) in [4.78, 5) is 0. The highest BCUT2D eigenvalue weighted by Crippen LogP contribution is 2.03. The monoisotopic (exact) mass is 253 g/mol. The summed E-state index contributed by atoms with van der Waals surface area (Å²) >= 11 is 4.41. The molecule has 0 saturated carbocycles. The van der Waals surface area contributed by atoms with E-state index in [4.69, 9.17) is 15.9 Å². The quantitative estimate of drug-likeness (QED) is 0.145. The van der Waals surface area contributed by atoms with E-state index in [1.165, 1.54) is 0 Å². The van der Waals surface area contributed by atoms with Crippen molar-refractivity contribution < 1.29 is 25.5 Å². The van der Waals surface area contributed by atoms with Crippen LogP contribution >= 0.6 is 12.2 Å². The summed E-state index contributed by atoms with van der Waals surface area (Å²) in [5, 5.41) is 48.5. The molecule has 0 heterocycles. The van der Waals surface area contributed by atoms with Gasteiger partial charge in [-0.15, -0.1) is 0 Å². The minimum Gasteiger partial charge on any atom is -0.394 e. The van der Waals surface area contributed by atoms with Crippen molar-refractivity contribution in [2.45, 2.75) is 24.4 Å². The maximum atomic E-state index is 9.30. The molecule has 0 aromatic heterocycles. The Labute approximate surface area is 97.0 Å². The van der Waals surface area contributed by atoms with E-state index in [-0.39, 0.29) is 5.11 Å². The third-order valence-electron chi connectivity index (χ3n) is 1.68. The Morgan fingerprint density at radius 2 is 1.88 bits per heavy atom. The molecule has 9 heteroatoms. The van der Waals surface area contributed by atoms with Crippen LogP contribution in [0.15, 0.2) is 5.10 Å². The molecule has 0 rings (SSSR count). The zero-order valence-corrected chi connectivity index (χ0v) is 9.08. The van der Waals surface area contributed by atoms with Crippen LogP contribution in [0.3, 0.4) is 0 Å². The zero-order chi connectivity index (χ0) is 12.7. The van der Waals surface area contributed by atoms with E-state index in [1.54, 1.807) is 0 Å². The lowest BCUT2D eigenvalue weighted by atomic mass is 10.0. The first-order valence-corrected chi connectivity index (χ1v) is 4.72. The summed E-state index contributed by atoms with van der Waals surface area (Å²) in [5.41, 5.74) is 7.15.